The van der Waals surface area contributed by atoms with Crippen LogP contribution >= 0.6 is 0 Å². The van der Waals surface area contributed by atoms with Gasteiger partial charge in [-0.2, -0.15) is 8.78 Å². The summed E-state index contributed by atoms with van der Waals surface area (Å²) in [4.78, 5) is 0. The lowest BCUT2D eigenvalue weighted by atomic mass is 10.1. The summed E-state index contributed by atoms with van der Waals surface area (Å²) in [5.41, 5.74) is 1.35. The molecule has 0 spiro atoms. The molecule has 0 aromatic heterocycles. The van der Waals surface area contributed by atoms with E-state index in [1.54, 1.807) is 12.1 Å². The third-order valence-corrected chi connectivity index (χ3v) is 4.19. The van der Waals surface area contributed by atoms with Crippen molar-refractivity contribution >= 4 is 0 Å². The summed E-state index contributed by atoms with van der Waals surface area (Å²) in [5.74, 6) is -0.360. The number of unbranched alkanes of at least 4 members (excludes halogenated alkanes) is 2. The van der Waals surface area contributed by atoms with Crippen molar-refractivity contribution in [2.75, 3.05) is 6.61 Å². The topological polar surface area (TPSA) is 18.5 Å². The molecular formula is C21H23F5O2. The lowest BCUT2D eigenvalue weighted by Crippen LogP contribution is -2.20. The Morgan fingerprint density at radius 3 is 1.89 bits per heavy atom. The minimum absolute atomic E-state index is 0.136. The Bertz CT molecular complexity index is 709. The maximum atomic E-state index is 14.2. The summed E-state index contributed by atoms with van der Waals surface area (Å²) in [5, 5.41) is 0. The summed E-state index contributed by atoms with van der Waals surface area (Å²) in [7, 11) is 0. The van der Waals surface area contributed by atoms with Crippen LogP contribution in [-0.2, 0) is 23.7 Å². The average Bonchev–Trinajstić information content (AvgIpc) is 2.62. The molecule has 154 valence electrons. The Balaban J connectivity index is 1.84. The molecule has 0 bridgehead atoms. The van der Waals surface area contributed by atoms with Gasteiger partial charge in [-0.3, -0.25) is 0 Å². The highest BCUT2D eigenvalue weighted by atomic mass is 19.4. The Morgan fingerprint density at radius 1 is 0.750 bits per heavy atom. The van der Waals surface area contributed by atoms with E-state index in [9.17, 15) is 22.0 Å². The van der Waals surface area contributed by atoms with Gasteiger partial charge in [0.15, 0.2) is 0 Å². The Kier molecular flexibility index (Phi) is 7.80. The maximum Gasteiger partial charge on any atom is 0.573 e. The van der Waals surface area contributed by atoms with E-state index in [0.29, 0.717) is 5.56 Å². The predicted molar refractivity (Wildman–Crippen MR) is 96.3 cm³/mol. The first kappa shape index (κ1) is 22.1. The van der Waals surface area contributed by atoms with Gasteiger partial charge in [-0.15, -0.1) is 13.2 Å². The van der Waals surface area contributed by atoms with Crippen molar-refractivity contribution in [1.82, 2.24) is 0 Å². The molecule has 28 heavy (non-hydrogen) atoms. The fraction of sp³-hybridized carbons (Fsp3) is 0.429. The first-order valence-corrected chi connectivity index (χ1v) is 9.15. The zero-order valence-corrected chi connectivity index (χ0v) is 15.6. The second-order valence-electron chi connectivity index (χ2n) is 6.46. The highest BCUT2D eigenvalue weighted by Crippen LogP contribution is 2.30. The molecule has 0 heterocycles. The van der Waals surface area contributed by atoms with Crippen molar-refractivity contribution < 1.29 is 31.4 Å². The van der Waals surface area contributed by atoms with Gasteiger partial charge in [0.2, 0.25) is 0 Å². The van der Waals surface area contributed by atoms with Crippen LogP contribution in [0.15, 0.2) is 48.5 Å². The van der Waals surface area contributed by atoms with E-state index < -0.39 is 12.5 Å². The molecule has 0 fully saturated rings. The molecular weight excluding hydrogens is 379 g/mol. The standard InChI is InChI=1S/C21H23F5O2/c1-2-3-4-5-16-6-10-18(11-7-16)20(22,23)27-15-14-17-8-12-19(13-9-17)28-21(24,25)26/h6-13H,2-5,14-15H2,1H3. The third-order valence-electron chi connectivity index (χ3n) is 4.19. The van der Waals surface area contributed by atoms with Crippen LogP contribution in [0.1, 0.15) is 42.9 Å². The summed E-state index contributed by atoms with van der Waals surface area (Å²) in [6, 6.07) is 11.1. The molecule has 0 unspecified atom stereocenters. The van der Waals surface area contributed by atoms with Gasteiger partial charge in [-0.05, 0) is 42.5 Å². The van der Waals surface area contributed by atoms with Gasteiger partial charge in [0, 0.05) is 0 Å². The summed E-state index contributed by atoms with van der Waals surface area (Å²) >= 11 is 0. The number of hydrogen-bond acceptors (Lipinski definition) is 2. The van der Waals surface area contributed by atoms with Gasteiger partial charge < -0.3 is 9.47 Å². The molecule has 0 N–H and O–H groups in total. The largest absolute Gasteiger partial charge is 0.573 e. The van der Waals surface area contributed by atoms with Gasteiger partial charge in [-0.25, -0.2) is 0 Å². The normalized spacial score (nSPS) is 12.2. The quantitative estimate of drug-likeness (QED) is 0.328. The van der Waals surface area contributed by atoms with Crippen molar-refractivity contribution in [2.45, 2.75) is 51.5 Å². The second kappa shape index (κ2) is 9.87. The average molecular weight is 402 g/mol. The van der Waals surface area contributed by atoms with Crippen LogP contribution in [-0.4, -0.2) is 13.0 Å². The number of ether oxygens (including phenoxy) is 2. The van der Waals surface area contributed by atoms with E-state index in [4.69, 9.17) is 4.74 Å². The molecule has 7 heteroatoms. The van der Waals surface area contributed by atoms with Crippen molar-refractivity contribution in [1.29, 1.82) is 0 Å². The Hall–Kier alpha value is -2.15. The van der Waals surface area contributed by atoms with Crippen LogP contribution in [0.4, 0.5) is 22.0 Å². The molecule has 0 aliphatic heterocycles. The zero-order valence-electron chi connectivity index (χ0n) is 15.6. The predicted octanol–water partition coefficient (Wildman–Crippen LogP) is 6.63. The van der Waals surface area contributed by atoms with Crippen LogP contribution in [0.2, 0.25) is 0 Å². The Labute approximate surface area is 161 Å². The van der Waals surface area contributed by atoms with E-state index in [0.717, 1.165) is 43.4 Å². The third kappa shape index (κ3) is 7.46. The van der Waals surface area contributed by atoms with Gasteiger partial charge in [0.25, 0.3) is 0 Å². The van der Waals surface area contributed by atoms with E-state index in [1.807, 2.05) is 0 Å². The SMILES string of the molecule is CCCCCc1ccc(C(F)(F)OCCc2ccc(OC(F)(F)F)cc2)cc1. The first-order valence-electron chi connectivity index (χ1n) is 9.15. The van der Waals surface area contributed by atoms with Crippen molar-refractivity contribution in [3.63, 3.8) is 0 Å². The lowest BCUT2D eigenvalue weighted by Gasteiger charge is -2.17. The highest BCUT2D eigenvalue weighted by molar-refractivity contribution is 5.28. The van der Waals surface area contributed by atoms with Gasteiger partial charge in [0.1, 0.15) is 5.75 Å². The van der Waals surface area contributed by atoms with Crippen LogP contribution in [0.3, 0.4) is 0 Å². The fourth-order valence-electron chi connectivity index (χ4n) is 2.68. The van der Waals surface area contributed by atoms with Crippen molar-refractivity contribution in [3.05, 3.63) is 65.2 Å². The molecule has 0 amide bonds. The second-order valence-corrected chi connectivity index (χ2v) is 6.46. The minimum Gasteiger partial charge on any atom is -0.406 e. The highest BCUT2D eigenvalue weighted by Gasteiger charge is 2.33. The number of aryl methyl sites for hydroxylation is 1. The van der Waals surface area contributed by atoms with Crippen molar-refractivity contribution in [3.8, 4) is 5.75 Å². The fourth-order valence-corrected chi connectivity index (χ4v) is 2.68. The van der Waals surface area contributed by atoms with E-state index in [-0.39, 0.29) is 24.3 Å². The number of rotatable bonds is 10. The van der Waals surface area contributed by atoms with Crippen LogP contribution < -0.4 is 4.74 Å². The number of alkyl halides is 5. The molecule has 0 saturated carbocycles. The van der Waals surface area contributed by atoms with E-state index in [2.05, 4.69) is 11.7 Å². The van der Waals surface area contributed by atoms with Crippen LogP contribution in [0, 0.1) is 0 Å². The van der Waals surface area contributed by atoms with Crippen molar-refractivity contribution in [2.24, 2.45) is 0 Å². The molecule has 2 nitrogen and oxygen atoms in total. The van der Waals surface area contributed by atoms with Gasteiger partial charge >= 0.3 is 12.5 Å². The smallest absolute Gasteiger partial charge is 0.406 e. The van der Waals surface area contributed by atoms with Crippen LogP contribution in [0.5, 0.6) is 5.75 Å². The van der Waals surface area contributed by atoms with E-state index >= 15 is 0 Å². The molecule has 0 atom stereocenters. The molecule has 0 aliphatic rings. The molecule has 2 rings (SSSR count). The summed E-state index contributed by atoms with van der Waals surface area (Å²) in [6.07, 6.45) is -3.98. The molecule has 2 aromatic rings. The van der Waals surface area contributed by atoms with E-state index in [1.165, 1.54) is 24.3 Å². The lowest BCUT2D eigenvalue weighted by molar-refractivity contribution is -0.274. The first-order chi connectivity index (χ1) is 13.2. The van der Waals surface area contributed by atoms with Crippen LogP contribution in [0.25, 0.3) is 0 Å². The zero-order chi connectivity index (χ0) is 20.6. The number of benzene rings is 2. The summed E-state index contributed by atoms with van der Waals surface area (Å²) in [6.45, 7) is 1.83. The maximum absolute atomic E-state index is 14.2. The molecule has 0 radical (unpaired) electrons. The molecule has 2 aromatic carbocycles. The number of halogens is 5. The Morgan fingerprint density at radius 2 is 1.32 bits per heavy atom. The summed E-state index contributed by atoms with van der Waals surface area (Å²) < 4.78 is 73.2. The molecule has 0 saturated heterocycles. The molecule has 0 aliphatic carbocycles. The monoisotopic (exact) mass is 402 g/mol. The van der Waals surface area contributed by atoms with Gasteiger partial charge in [-0.1, -0.05) is 56.2 Å². The minimum atomic E-state index is -4.77. The van der Waals surface area contributed by atoms with Gasteiger partial charge in [0.05, 0.1) is 12.2 Å². The number of hydrogen-bond donors (Lipinski definition) is 0.